The molecule has 1 aromatic heterocycles. The third-order valence-corrected chi connectivity index (χ3v) is 4.23. The quantitative estimate of drug-likeness (QED) is 0.779. The number of anilines is 1. The molecule has 0 unspecified atom stereocenters. The maximum atomic E-state index is 12.4. The average Bonchev–Trinajstić information content (AvgIpc) is 3.04. The van der Waals surface area contributed by atoms with E-state index in [2.05, 4.69) is 10.4 Å². The molecule has 0 fully saturated rings. The first-order valence-electron chi connectivity index (χ1n) is 8.31. The van der Waals surface area contributed by atoms with E-state index in [1.165, 1.54) is 0 Å². The lowest BCUT2D eigenvalue weighted by atomic mass is 10.2. The number of hydrogen-bond donors (Lipinski definition) is 1. The SMILES string of the molecule is CC(C)n1nccc1NC(=O)[C@H](C)N(C)CCOc1ccc(Cl)cc1. The smallest absolute Gasteiger partial charge is 0.242 e. The number of halogens is 1. The van der Waals surface area contributed by atoms with Crippen LogP contribution >= 0.6 is 11.6 Å². The topological polar surface area (TPSA) is 59.4 Å². The van der Waals surface area contributed by atoms with Crippen molar-refractivity contribution in [1.82, 2.24) is 14.7 Å². The number of rotatable bonds is 8. The van der Waals surface area contributed by atoms with Gasteiger partial charge in [-0.15, -0.1) is 0 Å². The van der Waals surface area contributed by atoms with Gasteiger partial charge >= 0.3 is 0 Å². The Kier molecular flexibility index (Phi) is 6.84. The number of aromatic nitrogens is 2. The highest BCUT2D eigenvalue weighted by Crippen LogP contribution is 2.16. The zero-order chi connectivity index (χ0) is 18.4. The van der Waals surface area contributed by atoms with E-state index in [4.69, 9.17) is 16.3 Å². The molecule has 0 aliphatic rings. The molecular weight excluding hydrogens is 340 g/mol. The van der Waals surface area contributed by atoms with Crippen LogP contribution in [0.3, 0.4) is 0 Å². The number of ether oxygens (including phenoxy) is 1. The number of likely N-dealkylation sites (N-methyl/N-ethyl adjacent to an activating group) is 1. The number of hydrogen-bond acceptors (Lipinski definition) is 4. The summed E-state index contributed by atoms with van der Waals surface area (Å²) in [4.78, 5) is 14.4. The van der Waals surface area contributed by atoms with E-state index in [0.717, 1.165) is 5.75 Å². The van der Waals surface area contributed by atoms with Crippen molar-refractivity contribution < 1.29 is 9.53 Å². The van der Waals surface area contributed by atoms with Gasteiger partial charge in [0.1, 0.15) is 18.2 Å². The van der Waals surface area contributed by atoms with E-state index < -0.39 is 0 Å². The van der Waals surface area contributed by atoms with Gasteiger partial charge in [0.15, 0.2) is 0 Å². The summed E-state index contributed by atoms with van der Waals surface area (Å²) in [5.74, 6) is 1.39. The van der Waals surface area contributed by atoms with Crippen molar-refractivity contribution in [3.8, 4) is 5.75 Å². The van der Waals surface area contributed by atoms with Crippen LogP contribution in [0.4, 0.5) is 5.82 Å². The lowest BCUT2D eigenvalue weighted by Gasteiger charge is -2.24. The third-order valence-electron chi connectivity index (χ3n) is 3.98. The minimum Gasteiger partial charge on any atom is -0.492 e. The summed E-state index contributed by atoms with van der Waals surface area (Å²) in [5, 5.41) is 7.83. The number of carbonyl (C=O) groups excluding carboxylic acids is 1. The molecule has 7 heteroatoms. The van der Waals surface area contributed by atoms with Crippen LogP contribution in [0.25, 0.3) is 0 Å². The van der Waals surface area contributed by atoms with Crippen LogP contribution in [0.2, 0.25) is 5.02 Å². The van der Waals surface area contributed by atoms with E-state index in [1.807, 2.05) is 44.9 Å². The first-order valence-corrected chi connectivity index (χ1v) is 8.69. The number of nitrogens with one attached hydrogen (secondary N) is 1. The van der Waals surface area contributed by atoms with Crippen molar-refractivity contribution in [2.75, 3.05) is 25.5 Å². The van der Waals surface area contributed by atoms with Gasteiger partial charge in [-0.2, -0.15) is 5.10 Å². The van der Waals surface area contributed by atoms with Crippen LogP contribution in [0.1, 0.15) is 26.8 Å². The molecule has 1 N–H and O–H groups in total. The van der Waals surface area contributed by atoms with Gasteiger partial charge < -0.3 is 10.1 Å². The van der Waals surface area contributed by atoms with E-state index in [0.29, 0.717) is 24.0 Å². The molecule has 0 spiro atoms. The second-order valence-corrected chi connectivity index (χ2v) is 6.64. The minimum atomic E-state index is -0.288. The molecule has 1 aromatic carbocycles. The van der Waals surface area contributed by atoms with Crippen molar-refractivity contribution in [2.24, 2.45) is 0 Å². The Bertz CT molecular complexity index is 685. The molecule has 136 valence electrons. The molecule has 2 aromatic rings. The third kappa shape index (κ3) is 5.47. The van der Waals surface area contributed by atoms with Crippen molar-refractivity contribution in [2.45, 2.75) is 32.9 Å². The van der Waals surface area contributed by atoms with Gasteiger partial charge in [-0.1, -0.05) is 11.6 Å². The monoisotopic (exact) mass is 364 g/mol. The molecule has 25 heavy (non-hydrogen) atoms. The van der Waals surface area contributed by atoms with Gasteiger partial charge in [-0.25, -0.2) is 4.68 Å². The van der Waals surface area contributed by atoms with E-state index in [-0.39, 0.29) is 18.0 Å². The highest BCUT2D eigenvalue weighted by molar-refractivity contribution is 6.30. The number of benzene rings is 1. The summed E-state index contributed by atoms with van der Waals surface area (Å²) >= 11 is 5.85. The van der Waals surface area contributed by atoms with Crippen LogP contribution in [0.5, 0.6) is 5.75 Å². The maximum Gasteiger partial charge on any atom is 0.242 e. The molecule has 0 radical (unpaired) electrons. The number of nitrogens with zero attached hydrogens (tertiary/aromatic N) is 3. The van der Waals surface area contributed by atoms with Crippen LogP contribution in [-0.2, 0) is 4.79 Å². The lowest BCUT2D eigenvalue weighted by molar-refractivity contribution is -0.120. The predicted octanol–water partition coefficient (Wildman–Crippen LogP) is 3.46. The normalized spacial score (nSPS) is 12.4. The fourth-order valence-corrected chi connectivity index (χ4v) is 2.41. The zero-order valence-electron chi connectivity index (χ0n) is 15.1. The molecule has 1 atom stereocenters. The van der Waals surface area contributed by atoms with Gasteiger partial charge in [-0.3, -0.25) is 9.69 Å². The Hall–Kier alpha value is -2.05. The highest BCUT2D eigenvalue weighted by atomic mass is 35.5. The fraction of sp³-hybridized carbons (Fsp3) is 0.444. The summed E-state index contributed by atoms with van der Waals surface area (Å²) in [6, 6.07) is 8.92. The summed E-state index contributed by atoms with van der Waals surface area (Å²) in [6.45, 7) is 7.02. The molecule has 1 amide bonds. The summed E-state index contributed by atoms with van der Waals surface area (Å²) in [7, 11) is 1.90. The van der Waals surface area contributed by atoms with Gasteiger partial charge in [0.2, 0.25) is 5.91 Å². The van der Waals surface area contributed by atoms with E-state index in [9.17, 15) is 4.79 Å². The standard InChI is InChI=1S/C18H25ClN4O2/c1-13(2)23-17(9-10-20-23)21-18(24)14(3)22(4)11-12-25-16-7-5-15(19)6-8-16/h5-10,13-14H,11-12H2,1-4H3,(H,21,24)/t14-/m0/s1. The van der Waals surface area contributed by atoms with E-state index in [1.54, 1.807) is 29.1 Å². The summed E-state index contributed by atoms with van der Waals surface area (Å²) < 4.78 is 7.46. The highest BCUT2D eigenvalue weighted by Gasteiger charge is 2.19. The Morgan fingerprint density at radius 2 is 1.96 bits per heavy atom. The van der Waals surface area contributed by atoms with Crippen molar-refractivity contribution in [1.29, 1.82) is 0 Å². The van der Waals surface area contributed by atoms with Gasteiger partial charge in [-0.05, 0) is 52.1 Å². The molecule has 2 rings (SSSR count). The van der Waals surface area contributed by atoms with Crippen molar-refractivity contribution in [3.63, 3.8) is 0 Å². The second-order valence-electron chi connectivity index (χ2n) is 6.20. The van der Waals surface area contributed by atoms with E-state index >= 15 is 0 Å². The number of carbonyl (C=O) groups is 1. The van der Waals surface area contributed by atoms with Gasteiger partial charge in [0, 0.05) is 23.7 Å². The molecule has 0 saturated carbocycles. The molecule has 1 heterocycles. The molecular formula is C18H25ClN4O2. The first-order chi connectivity index (χ1) is 11.9. The Balaban J connectivity index is 1.82. The number of amides is 1. The molecule has 6 nitrogen and oxygen atoms in total. The Morgan fingerprint density at radius 3 is 2.60 bits per heavy atom. The van der Waals surface area contributed by atoms with Crippen molar-refractivity contribution >= 4 is 23.3 Å². The summed E-state index contributed by atoms with van der Waals surface area (Å²) in [5.41, 5.74) is 0. The largest absolute Gasteiger partial charge is 0.492 e. The maximum absolute atomic E-state index is 12.4. The molecule has 0 aliphatic heterocycles. The molecule has 0 bridgehead atoms. The Morgan fingerprint density at radius 1 is 1.28 bits per heavy atom. The Labute approximate surface area is 153 Å². The average molecular weight is 365 g/mol. The van der Waals surface area contributed by atoms with Crippen LogP contribution in [-0.4, -0.2) is 46.8 Å². The summed E-state index contributed by atoms with van der Waals surface area (Å²) in [6.07, 6.45) is 1.68. The zero-order valence-corrected chi connectivity index (χ0v) is 15.8. The molecule has 0 aliphatic carbocycles. The second kappa shape index (κ2) is 8.87. The van der Waals surface area contributed by atoms with Crippen LogP contribution in [0, 0.1) is 0 Å². The fourth-order valence-electron chi connectivity index (χ4n) is 2.29. The predicted molar refractivity (Wildman–Crippen MR) is 100 cm³/mol. The van der Waals surface area contributed by atoms with Crippen LogP contribution < -0.4 is 10.1 Å². The first kappa shape index (κ1) is 19.3. The van der Waals surface area contributed by atoms with Gasteiger partial charge in [0.25, 0.3) is 0 Å². The molecule has 0 saturated heterocycles. The lowest BCUT2D eigenvalue weighted by Crippen LogP contribution is -2.41. The van der Waals surface area contributed by atoms with Gasteiger partial charge in [0.05, 0.1) is 12.2 Å². The minimum absolute atomic E-state index is 0.0728. The van der Waals surface area contributed by atoms with Crippen LogP contribution in [0.15, 0.2) is 36.5 Å². The van der Waals surface area contributed by atoms with Crippen molar-refractivity contribution in [3.05, 3.63) is 41.6 Å².